The lowest BCUT2D eigenvalue weighted by Gasteiger charge is -2.15. The van der Waals surface area contributed by atoms with Crippen molar-refractivity contribution in [2.45, 2.75) is 38.3 Å². The summed E-state index contributed by atoms with van der Waals surface area (Å²) in [6.07, 6.45) is 2.41. The topological polar surface area (TPSA) is 105 Å². The van der Waals surface area contributed by atoms with Crippen molar-refractivity contribution in [3.63, 3.8) is 0 Å². The standard InChI is InChI=1S/C28H30ClN5O4/c1-15(17-6-8-18(9-7-17)27-30-10-11-34(27)3)4-5-16(2)23-19(29)12-20-26(32-23)33-28(31-20)38-22-14-37-24-21(35)13-36-25(22)24/h4-9,12,21-22,24-25,35H,10-11,13-14H2,1-3H3,(H,31,32,33). The third-order valence-corrected chi connectivity index (χ3v) is 7.55. The molecule has 9 nitrogen and oxygen atoms in total. The molecule has 2 saturated heterocycles. The molecule has 6 rings (SSSR count). The summed E-state index contributed by atoms with van der Waals surface area (Å²) >= 11 is 6.59. The number of benzene rings is 1. The molecule has 0 amide bonds. The van der Waals surface area contributed by atoms with Crippen molar-refractivity contribution in [3.05, 3.63) is 64.3 Å². The Morgan fingerprint density at radius 1 is 1.11 bits per heavy atom. The summed E-state index contributed by atoms with van der Waals surface area (Å²) < 4.78 is 17.3. The molecule has 1 aromatic carbocycles. The molecule has 0 aliphatic carbocycles. The van der Waals surface area contributed by atoms with E-state index in [4.69, 9.17) is 25.8 Å². The number of aromatic nitrogens is 3. The van der Waals surface area contributed by atoms with Crippen LogP contribution in [0.5, 0.6) is 6.01 Å². The molecule has 0 saturated carbocycles. The molecule has 0 spiro atoms. The van der Waals surface area contributed by atoms with E-state index in [2.05, 4.69) is 69.2 Å². The maximum Gasteiger partial charge on any atom is 0.296 e. The average Bonchev–Trinajstić information content (AvgIpc) is 3.69. The Morgan fingerprint density at radius 3 is 2.63 bits per heavy atom. The summed E-state index contributed by atoms with van der Waals surface area (Å²) in [5.74, 6) is 1.04. The van der Waals surface area contributed by atoms with Crippen molar-refractivity contribution >= 4 is 39.7 Å². The Morgan fingerprint density at radius 2 is 1.87 bits per heavy atom. The van der Waals surface area contributed by atoms with E-state index in [9.17, 15) is 5.11 Å². The van der Waals surface area contributed by atoms with Gasteiger partial charge in [0.15, 0.2) is 11.8 Å². The van der Waals surface area contributed by atoms with E-state index in [0.717, 1.165) is 41.2 Å². The van der Waals surface area contributed by atoms with E-state index in [1.807, 2.05) is 13.0 Å². The zero-order chi connectivity index (χ0) is 26.4. The van der Waals surface area contributed by atoms with Gasteiger partial charge in [0.25, 0.3) is 6.01 Å². The molecule has 3 aromatic rings. The summed E-state index contributed by atoms with van der Waals surface area (Å²) in [4.78, 5) is 19.1. The number of halogens is 1. The second-order valence-corrected chi connectivity index (χ2v) is 10.4. The van der Waals surface area contributed by atoms with E-state index in [0.29, 0.717) is 34.5 Å². The minimum atomic E-state index is -0.631. The molecule has 2 fully saturated rings. The highest BCUT2D eigenvalue weighted by Crippen LogP contribution is 2.31. The Labute approximate surface area is 225 Å². The molecule has 2 aromatic heterocycles. The maximum atomic E-state index is 9.94. The van der Waals surface area contributed by atoms with E-state index < -0.39 is 6.10 Å². The van der Waals surface area contributed by atoms with Gasteiger partial charge in [-0.1, -0.05) is 48.0 Å². The molecule has 3 aliphatic rings. The lowest BCUT2D eigenvalue weighted by molar-refractivity contribution is 0.00706. The number of pyridine rings is 1. The first kappa shape index (κ1) is 25.1. The zero-order valence-corrected chi connectivity index (χ0v) is 22.3. The van der Waals surface area contributed by atoms with Gasteiger partial charge in [-0.3, -0.25) is 4.99 Å². The molecule has 2 N–H and O–H groups in total. The van der Waals surface area contributed by atoms with Crippen LogP contribution in [0.15, 0.2) is 47.5 Å². The number of hydrogen-bond acceptors (Lipinski definition) is 8. The van der Waals surface area contributed by atoms with Gasteiger partial charge in [-0.15, -0.1) is 0 Å². The number of aromatic amines is 1. The molecule has 4 unspecified atom stereocenters. The first-order valence-corrected chi connectivity index (χ1v) is 13.1. The fraction of sp³-hybridized carbons (Fsp3) is 0.393. The monoisotopic (exact) mass is 535 g/mol. The molecular weight excluding hydrogens is 506 g/mol. The number of rotatable bonds is 6. The molecule has 0 bridgehead atoms. The number of allylic oxidation sites excluding steroid dienone is 4. The molecule has 0 radical (unpaired) electrons. The van der Waals surface area contributed by atoms with Crippen LogP contribution in [0.2, 0.25) is 5.02 Å². The van der Waals surface area contributed by atoms with Crippen molar-refractivity contribution in [2.24, 2.45) is 4.99 Å². The number of fused-ring (bicyclic) bond motifs is 2. The van der Waals surface area contributed by atoms with Crippen LogP contribution in [0.4, 0.5) is 0 Å². The Hall–Kier alpha value is -3.24. The van der Waals surface area contributed by atoms with Gasteiger partial charge in [-0.2, -0.15) is 4.98 Å². The number of likely N-dealkylation sites (N-methyl/N-ethyl adjacent to an activating group) is 1. The lowest BCUT2D eigenvalue weighted by atomic mass is 10.0. The predicted octanol–water partition coefficient (Wildman–Crippen LogP) is 3.72. The van der Waals surface area contributed by atoms with Crippen molar-refractivity contribution in [1.82, 2.24) is 19.9 Å². The average molecular weight is 536 g/mol. The minimum Gasteiger partial charge on any atom is -0.456 e. The predicted molar refractivity (Wildman–Crippen MR) is 147 cm³/mol. The van der Waals surface area contributed by atoms with Gasteiger partial charge in [0.05, 0.1) is 36.0 Å². The van der Waals surface area contributed by atoms with E-state index in [1.165, 1.54) is 0 Å². The third kappa shape index (κ3) is 4.71. The van der Waals surface area contributed by atoms with Gasteiger partial charge in [-0.25, -0.2) is 4.98 Å². The minimum absolute atomic E-state index is 0.244. The highest BCUT2D eigenvalue weighted by Gasteiger charge is 2.48. The smallest absolute Gasteiger partial charge is 0.296 e. The van der Waals surface area contributed by atoms with Gasteiger partial charge in [0.2, 0.25) is 0 Å². The van der Waals surface area contributed by atoms with Crippen LogP contribution < -0.4 is 4.74 Å². The van der Waals surface area contributed by atoms with Crippen LogP contribution in [0, 0.1) is 0 Å². The van der Waals surface area contributed by atoms with Gasteiger partial charge >= 0.3 is 0 Å². The quantitative estimate of drug-likeness (QED) is 0.463. The van der Waals surface area contributed by atoms with Crippen LogP contribution in [0.25, 0.3) is 22.3 Å². The third-order valence-electron chi connectivity index (χ3n) is 7.26. The van der Waals surface area contributed by atoms with Crippen molar-refractivity contribution in [3.8, 4) is 6.01 Å². The van der Waals surface area contributed by atoms with Crippen LogP contribution in [-0.2, 0) is 9.47 Å². The highest BCUT2D eigenvalue weighted by atomic mass is 35.5. The van der Waals surface area contributed by atoms with Gasteiger partial charge in [0, 0.05) is 19.2 Å². The number of aliphatic hydroxyl groups is 1. The molecule has 4 atom stereocenters. The lowest BCUT2D eigenvalue weighted by Crippen LogP contribution is -2.34. The molecule has 198 valence electrons. The van der Waals surface area contributed by atoms with Crippen molar-refractivity contribution < 1.29 is 19.3 Å². The highest BCUT2D eigenvalue weighted by molar-refractivity contribution is 6.32. The zero-order valence-electron chi connectivity index (χ0n) is 21.5. The van der Waals surface area contributed by atoms with Crippen LogP contribution in [-0.4, -0.2) is 88.6 Å². The summed E-state index contributed by atoms with van der Waals surface area (Å²) in [5, 5.41) is 10.5. The van der Waals surface area contributed by atoms with Crippen LogP contribution >= 0.6 is 11.6 Å². The summed E-state index contributed by atoms with van der Waals surface area (Å²) in [7, 11) is 2.07. The molecule has 3 aliphatic heterocycles. The van der Waals surface area contributed by atoms with E-state index in [1.54, 1.807) is 6.07 Å². The summed E-state index contributed by atoms with van der Waals surface area (Å²) in [6, 6.07) is 10.6. The normalized spacial score (nSPS) is 25.8. The number of ether oxygens (including phenoxy) is 3. The SMILES string of the molecule is CC(=CC=C(C)c1nc2nc(OC3COC4C(O)COC34)[nH]c2cc1Cl)c1ccc(C2=NCCN2C)cc1. The fourth-order valence-electron chi connectivity index (χ4n) is 5.07. The van der Waals surface area contributed by atoms with Crippen LogP contribution in [0.1, 0.15) is 30.7 Å². The second kappa shape index (κ2) is 10.1. The number of aliphatic hydroxyl groups excluding tert-OH is 1. The number of nitrogens with zero attached hydrogens (tertiary/aromatic N) is 4. The first-order valence-electron chi connectivity index (χ1n) is 12.7. The van der Waals surface area contributed by atoms with Gasteiger partial charge in [0.1, 0.15) is 24.1 Å². The number of nitrogens with one attached hydrogen (secondary N) is 1. The number of H-pyrrole nitrogens is 1. The maximum absolute atomic E-state index is 9.94. The second-order valence-electron chi connectivity index (χ2n) is 9.96. The summed E-state index contributed by atoms with van der Waals surface area (Å²) in [6.45, 7) is 6.44. The van der Waals surface area contributed by atoms with Gasteiger partial charge in [-0.05, 0) is 36.6 Å². The number of aliphatic imine (C=N–C) groups is 1. The summed E-state index contributed by atoms with van der Waals surface area (Å²) in [5.41, 5.74) is 6.15. The van der Waals surface area contributed by atoms with Crippen LogP contribution in [0.3, 0.4) is 0 Å². The van der Waals surface area contributed by atoms with Crippen molar-refractivity contribution in [1.29, 1.82) is 0 Å². The largest absolute Gasteiger partial charge is 0.456 e. The molecule has 38 heavy (non-hydrogen) atoms. The van der Waals surface area contributed by atoms with Crippen molar-refractivity contribution in [2.75, 3.05) is 33.4 Å². The number of hydrogen-bond donors (Lipinski definition) is 2. The van der Waals surface area contributed by atoms with E-state index >= 15 is 0 Å². The Balaban J connectivity index is 1.18. The molecule has 5 heterocycles. The van der Waals surface area contributed by atoms with Gasteiger partial charge < -0.3 is 29.2 Å². The molecule has 10 heteroatoms. The van der Waals surface area contributed by atoms with E-state index in [-0.39, 0.29) is 24.9 Å². The first-order chi connectivity index (χ1) is 18.4. The Bertz CT molecular complexity index is 1450. The Kier molecular flexibility index (Phi) is 6.69. The fourth-order valence-corrected chi connectivity index (χ4v) is 5.37. The number of amidine groups is 1. The number of imidazole rings is 1. The molecular formula is C28H30ClN5O4.